The maximum atomic E-state index is 12.3. The summed E-state index contributed by atoms with van der Waals surface area (Å²) in [6.07, 6.45) is 0. The van der Waals surface area contributed by atoms with Crippen molar-refractivity contribution in [1.29, 1.82) is 0 Å². The van der Waals surface area contributed by atoms with Gasteiger partial charge in [0.2, 0.25) is 0 Å². The summed E-state index contributed by atoms with van der Waals surface area (Å²) >= 11 is 7.20. The Balaban J connectivity index is 2.29. The summed E-state index contributed by atoms with van der Waals surface area (Å²) in [6.45, 7) is 0. The number of nitro groups is 1. The van der Waals surface area contributed by atoms with Crippen LogP contribution >= 0.6 is 23.4 Å². The number of rotatable bonds is 3. The Hall–Kier alpha value is -1.80. The normalized spacial score (nSPS) is 18.1. The lowest BCUT2D eigenvalue weighted by Crippen LogP contribution is -2.41. The van der Waals surface area contributed by atoms with E-state index in [1.54, 1.807) is 0 Å². The third-order valence-corrected chi connectivity index (χ3v) is 4.15. The SMILES string of the molecule is O=C(O)[C@@H]1CSCN1C(=O)c1ccc([N+](=O)[O-])cc1Cl. The molecule has 106 valence electrons. The molecule has 0 aromatic heterocycles. The maximum Gasteiger partial charge on any atom is 0.327 e. The van der Waals surface area contributed by atoms with Gasteiger partial charge in [0.05, 0.1) is 21.4 Å². The molecule has 1 aliphatic heterocycles. The summed E-state index contributed by atoms with van der Waals surface area (Å²) in [5.74, 6) is -1.06. The molecule has 7 nitrogen and oxygen atoms in total. The van der Waals surface area contributed by atoms with Crippen LogP contribution in [0.4, 0.5) is 5.69 Å². The van der Waals surface area contributed by atoms with Crippen molar-refractivity contribution < 1.29 is 19.6 Å². The molecule has 1 aromatic carbocycles. The second-order valence-electron chi connectivity index (χ2n) is 4.05. The quantitative estimate of drug-likeness (QED) is 0.674. The first-order chi connectivity index (χ1) is 9.41. The average Bonchev–Trinajstić information content (AvgIpc) is 2.87. The summed E-state index contributed by atoms with van der Waals surface area (Å²) in [7, 11) is 0. The molecule has 1 aliphatic rings. The van der Waals surface area contributed by atoms with Gasteiger partial charge in [-0.3, -0.25) is 14.9 Å². The van der Waals surface area contributed by atoms with Gasteiger partial charge < -0.3 is 10.0 Å². The monoisotopic (exact) mass is 316 g/mol. The average molecular weight is 317 g/mol. The van der Waals surface area contributed by atoms with Gasteiger partial charge in [-0.2, -0.15) is 0 Å². The van der Waals surface area contributed by atoms with Crippen LogP contribution in [0.5, 0.6) is 0 Å². The molecule has 1 heterocycles. The number of halogens is 1. The van der Waals surface area contributed by atoms with Gasteiger partial charge in [0.1, 0.15) is 6.04 Å². The zero-order valence-electron chi connectivity index (χ0n) is 9.98. The highest BCUT2D eigenvalue weighted by molar-refractivity contribution is 7.99. The number of hydrogen-bond donors (Lipinski definition) is 1. The summed E-state index contributed by atoms with van der Waals surface area (Å²) in [5.41, 5.74) is -0.164. The molecule has 0 radical (unpaired) electrons. The van der Waals surface area contributed by atoms with Gasteiger partial charge >= 0.3 is 5.97 Å². The van der Waals surface area contributed by atoms with Crippen molar-refractivity contribution in [2.24, 2.45) is 0 Å². The van der Waals surface area contributed by atoms with E-state index in [1.165, 1.54) is 22.7 Å². The Morgan fingerprint density at radius 2 is 2.20 bits per heavy atom. The number of benzene rings is 1. The minimum Gasteiger partial charge on any atom is -0.480 e. The van der Waals surface area contributed by atoms with E-state index >= 15 is 0 Å². The number of nitrogens with zero attached hydrogens (tertiary/aromatic N) is 2. The number of thioether (sulfide) groups is 1. The van der Waals surface area contributed by atoms with Crippen LogP contribution in [-0.2, 0) is 4.79 Å². The topological polar surface area (TPSA) is 101 Å². The van der Waals surface area contributed by atoms with Crippen LogP contribution < -0.4 is 0 Å². The van der Waals surface area contributed by atoms with E-state index in [-0.39, 0.29) is 22.2 Å². The second kappa shape index (κ2) is 5.68. The van der Waals surface area contributed by atoms with Crippen molar-refractivity contribution in [3.8, 4) is 0 Å². The van der Waals surface area contributed by atoms with Crippen molar-refractivity contribution in [2.75, 3.05) is 11.6 Å². The fraction of sp³-hybridized carbons (Fsp3) is 0.273. The molecule has 1 aromatic rings. The molecule has 0 unspecified atom stereocenters. The van der Waals surface area contributed by atoms with E-state index in [1.807, 2.05) is 0 Å². The number of non-ortho nitro benzene ring substituents is 1. The first kappa shape index (κ1) is 14.6. The van der Waals surface area contributed by atoms with Gasteiger partial charge in [0.25, 0.3) is 11.6 Å². The van der Waals surface area contributed by atoms with Gasteiger partial charge in [0, 0.05) is 17.9 Å². The van der Waals surface area contributed by atoms with Gasteiger partial charge in [0.15, 0.2) is 0 Å². The van der Waals surface area contributed by atoms with E-state index in [9.17, 15) is 19.7 Å². The van der Waals surface area contributed by atoms with Crippen LogP contribution in [0.15, 0.2) is 18.2 Å². The maximum absolute atomic E-state index is 12.3. The highest BCUT2D eigenvalue weighted by Gasteiger charge is 2.35. The van der Waals surface area contributed by atoms with E-state index in [2.05, 4.69) is 0 Å². The van der Waals surface area contributed by atoms with E-state index in [4.69, 9.17) is 16.7 Å². The Morgan fingerprint density at radius 1 is 1.50 bits per heavy atom. The molecule has 1 N–H and O–H groups in total. The van der Waals surface area contributed by atoms with Crippen molar-refractivity contribution >= 4 is 40.9 Å². The Bertz CT molecular complexity index is 594. The van der Waals surface area contributed by atoms with Crippen LogP contribution in [0.25, 0.3) is 0 Å². The van der Waals surface area contributed by atoms with Crippen LogP contribution in [0.3, 0.4) is 0 Å². The first-order valence-electron chi connectivity index (χ1n) is 5.47. The number of aliphatic carboxylic acids is 1. The highest BCUT2D eigenvalue weighted by atomic mass is 35.5. The lowest BCUT2D eigenvalue weighted by Gasteiger charge is -2.20. The number of carbonyl (C=O) groups is 2. The third kappa shape index (κ3) is 2.70. The lowest BCUT2D eigenvalue weighted by atomic mass is 10.1. The molecule has 1 atom stereocenters. The first-order valence-corrected chi connectivity index (χ1v) is 7.00. The molecule has 0 spiro atoms. The summed E-state index contributed by atoms with van der Waals surface area (Å²) in [4.78, 5) is 34.5. The number of carbonyl (C=O) groups excluding carboxylic acids is 1. The largest absolute Gasteiger partial charge is 0.480 e. The molecule has 0 aliphatic carbocycles. The van der Waals surface area contributed by atoms with Crippen LogP contribution in [0, 0.1) is 10.1 Å². The predicted octanol–water partition coefficient (Wildman–Crippen LogP) is 1.85. The van der Waals surface area contributed by atoms with Crippen LogP contribution in [-0.4, -0.2) is 44.5 Å². The van der Waals surface area contributed by atoms with Crippen molar-refractivity contribution in [3.05, 3.63) is 38.9 Å². The second-order valence-corrected chi connectivity index (χ2v) is 5.46. The molecule has 1 fully saturated rings. The number of nitro benzene ring substituents is 1. The number of amides is 1. The van der Waals surface area contributed by atoms with Gasteiger partial charge in [-0.15, -0.1) is 11.8 Å². The third-order valence-electron chi connectivity index (χ3n) is 2.82. The molecular formula is C11H9ClN2O5S. The number of hydrogen-bond acceptors (Lipinski definition) is 5. The fourth-order valence-electron chi connectivity index (χ4n) is 1.79. The summed E-state index contributed by atoms with van der Waals surface area (Å²) in [5, 5.41) is 19.6. The smallest absolute Gasteiger partial charge is 0.327 e. The van der Waals surface area contributed by atoms with E-state index in [0.717, 1.165) is 12.1 Å². The number of carboxylic acid groups (broad SMARTS) is 1. The molecule has 1 amide bonds. The Morgan fingerprint density at radius 3 is 2.75 bits per heavy atom. The minimum atomic E-state index is -1.08. The van der Waals surface area contributed by atoms with E-state index in [0.29, 0.717) is 5.75 Å². The minimum absolute atomic E-state index is 0.0611. The molecular weight excluding hydrogens is 308 g/mol. The summed E-state index contributed by atoms with van der Waals surface area (Å²) in [6, 6.07) is 2.58. The zero-order valence-corrected chi connectivity index (χ0v) is 11.6. The zero-order chi connectivity index (χ0) is 14.9. The van der Waals surface area contributed by atoms with E-state index < -0.39 is 22.8 Å². The van der Waals surface area contributed by atoms with Crippen molar-refractivity contribution in [2.45, 2.75) is 6.04 Å². The van der Waals surface area contributed by atoms with Crippen molar-refractivity contribution in [1.82, 2.24) is 4.90 Å². The van der Waals surface area contributed by atoms with Crippen LogP contribution in [0.1, 0.15) is 10.4 Å². The lowest BCUT2D eigenvalue weighted by molar-refractivity contribution is -0.384. The van der Waals surface area contributed by atoms with Gasteiger partial charge in [-0.1, -0.05) is 11.6 Å². The summed E-state index contributed by atoms with van der Waals surface area (Å²) < 4.78 is 0. The Labute approximate surface area is 122 Å². The standard InChI is InChI=1S/C11H9ClN2O5S/c12-8-3-6(14(18)19)1-2-7(8)10(15)13-5-20-4-9(13)11(16)17/h1-3,9H,4-5H2,(H,16,17)/t9-/m0/s1. The molecule has 0 bridgehead atoms. The molecule has 20 heavy (non-hydrogen) atoms. The Kier molecular flexibility index (Phi) is 4.15. The van der Waals surface area contributed by atoms with Crippen LogP contribution in [0.2, 0.25) is 5.02 Å². The molecule has 2 rings (SSSR count). The van der Waals surface area contributed by atoms with Gasteiger partial charge in [-0.25, -0.2) is 4.79 Å². The molecule has 9 heteroatoms. The van der Waals surface area contributed by atoms with Crippen molar-refractivity contribution in [3.63, 3.8) is 0 Å². The highest BCUT2D eigenvalue weighted by Crippen LogP contribution is 2.28. The number of carboxylic acids is 1. The van der Waals surface area contributed by atoms with Gasteiger partial charge in [-0.05, 0) is 6.07 Å². The fourth-order valence-corrected chi connectivity index (χ4v) is 3.19. The predicted molar refractivity (Wildman–Crippen MR) is 73.0 cm³/mol. The molecule has 1 saturated heterocycles. The molecule has 0 saturated carbocycles.